The Hall–Kier alpha value is -3.66. The second kappa shape index (κ2) is 7.20. The summed E-state index contributed by atoms with van der Waals surface area (Å²) in [7, 11) is 0. The van der Waals surface area contributed by atoms with E-state index in [9.17, 15) is 23.5 Å². The van der Waals surface area contributed by atoms with Crippen LogP contribution in [0, 0.1) is 23.3 Å². The van der Waals surface area contributed by atoms with Gasteiger partial charge in [-0.1, -0.05) is 0 Å². The third-order valence-corrected chi connectivity index (χ3v) is 5.81. The maximum atomic E-state index is 15.8. The SMILES string of the molecule is O=C(O)c1cn(-c2ccc(F)cc2F)c2c(F)c(N3CC4=C(CNC4)C3)c(F)cc2c1=O. The number of anilines is 1. The van der Waals surface area contributed by atoms with Gasteiger partial charge in [0.05, 0.1) is 16.6 Å². The summed E-state index contributed by atoms with van der Waals surface area (Å²) in [6.45, 7) is 1.78. The summed E-state index contributed by atoms with van der Waals surface area (Å²) in [5.74, 6) is -5.81. The van der Waals surface area contributed by atoms with E-state index in [1.165, 1.54) is 4.90 Å². The molecular weight excluding hydrogens is 430 g/mol. The Kier molecular flexibility index (Phi) is 4.55. The lowest BCUT2D eigenvalue weighted by molar-refractivity contribution is 0.0695. The van der Waals surface area contributed by atoms with E-state index in [4.69, 9.17) is 0 Å². The van der Waals surface area contributed by atoms with Crippen LogP contribution in [0.1, 0.15) is 10.4 Å². The highest BCUT2D eigenvalue weighted by Crippen LogP contribution is 2.35. The Labute approximate surface area is 178 Å². The minimum absolute atomic E-state index is 0.282. The van der Waals surface area contributed by atoms with Gasteiger partial charge in [-0.2, -0.15) is 0 Å². The number of aromatic nitrogens is 1. The summed E-state index contributed by atoms with van der Waals surface area (Å²) < 4.78 is 59.7. The number of hydrogen-bond donors (Lipinski definition) is 2. The van der Waals surface area contributed by atoms with Gasteiger partial charge in [0.2, 0.25) is 5.43 Å². The Morgan fingerprint density at radius 1 is 1.00 bits per heavy atom. The van der Waals surface area contributed by atoms with Crippen molar-refractivity contribution in [2.45, 2.75) is 0 Å². The van der Waals surface area contributed by atoms with Crippen molar-refractivity contribution in [2.75, 3.05) is 31.1 Å². The number of rotatable bonds is 3. The molecular formula is C22H15F4N3O3. The van der Waals surface area contributed by atoms with E-state index >= 15 is 8.78 Å². The van der Waals surface area contributed by atoms with Crippen LogP contribution in [0.25, 0.3) is 16.6 Å². The normalized spacial score (nSPS) is 15.7. The topological polar surface area (TPSA) is 74.6 Å². The number of carboxylic acid groups (broad SMARTS) is 1. The van der Waals surface area contributed by atoms with Crippen LogP contribution in [0.15, 0.2) is 46.4 Å². The lowest BCUT2D eigenvalue weighted by atomic mass is 10.1. The largest absolute Gasteiger partial charge is 0.477 e. The number of nitrogens with zero attached hydrogens (tertiary/aromatic N) is 2. The molecule has 0 spiro atoms. The van der Waals surface area contributed by atoms with Gasteiger partial charge in [0.1, 0.15) is 28.7 Å². The molecule has 1 aromatic heterocycles. The highest BCUT2D eigenvalue weighted by Gasteiger charge is 2.31. The molecule has 0 amide bonds. The fourth-order valence-corrected chi connectivity index (χ4v) is 4.34. The molecule has 2 aliphatic rings. The first-order valence-electron chi connectivity index (χ1n) is 9.67. The highest BCUT2D eigenvalue weighted by molar-refractivity contribution is 5.94. The average Bonchev–Trinajstić information content (AvgIpc) is 3.31. The van der Waals surface area contributed by atoms with Crippen LogP contribution in [-0.4, -0.2) is 41.8 Å². The quantitative estimate of drug-likeness (QED) is 0.479. The predicted molar refractivity (Wildman–Crippen MR) is 108 cm³/mol. The number of benzene rings is 2. The molecule has 0 saturated heterocycles. The number of nitrogens with one attached hydrogen (secondary N) is 1. The van der Waals surface area contributed by atoms with Gasteiger partial charge in [0.25, 0.3) is 0 Å². The highest BCUT2D eigenvalue weighted by atomic mass is 19.1. The summed E-state index contributed by atoms with van der Waals surface area (Å²) in [6, 6.07) is 3.21. The van der Waals surface area contributed by atoms with Crippen LogP contribution < -0.4 is 15.6 Å². The van der Waals surface area contributed by atoms with Crippen LogP contribution in [0.3, 0.4) is 0 Å². The Morgan fingerprint density at radius 3 is 2.31 bits per heavy atom. The van der Waals surface area contributed by atoms with E-state index in [1.807, 2.05) is 0 Å². The first kappa shape index (κ1) is 20.3. The van der Waals surface area contributed by atoms with Gasteiger partial charge in [-0.3, -0.25) is 4.79 Å². The maximum Gasteiger partial charge on any atom is 0.341 e. The zero-order chi connectivity index (χ0) is 22.7. The third-order valence-electron chi connectivity index (χ3n) is 5.81. The molecule has 0 bridgehead atoms. The maximum absolute atomic E-state index is 15.8. The molecule has 2 N–H and O–H groups in total. The van der Waals surface area contributed by atoms with Gasteiger partial charge in [-0.15, -0.1) is 0 Å². The molecule has 10 heteroatoms. The number of fused-ring (bicyclic) bond motifs is 1. The lowest BCUT2D eigenvalue weighted by Gasteiger charge is -2.24. The van der Waals surface area contributed by atoms with Gasteiger partial charge in [-0.25, -0.2) is 22.4 Å². The zero-order valence-electron chi connectivity index (χ0n) is 16.4. The van der Waals surface area contributed by atoms with Crippen molar-refractivity contribution in [2.24, 2.45) is 0 Å². The molecule has 0 atom stereocenters. The van der Waals surface area contributed by atoms with Crippen LogP contribution in [0.4, 0.5) is 23.2 Å². The zero-order valence-corrected chi connectivity index (χ0v) is 16.4. The number of halogens is 4. The number of carboxylic acids is 1. The van der Waals surface area contributed by atoms with Crippen LogP contribution >= 0.6 is 0 Å². The molecule has 164 valence electrons. The Bertz CT molecular complexity index is 1400. The summed E-state index contributed by atoms with van der Waals surface area (Å²) in [5.41, 5.74) is -1.15. The lowest BCUT2D eigenvalue weighted by Crippen LogP contribution is -2.29. The third kappa shape index (κ3) is 2.98. The second-order valence-corrected chi connectivity index (χ2v) is 7.73. The molecule has 32 heavy (non-hydrogen) atoms. The number of aromatic carboxylic acids is 1. The average molecular weight is 445 g/mol. The Balaban J connectivity index is 1.81. The number of pyridine rings is 1. The molecule has 0 saturated carbocycles. The summed E-state index contributed by atoms with van der Waals surface area (Å²) in [5, 5.41) is 12.0. The van der Waals surface area contributed by atoms with Crippen LogP contribution in [-0.2, 0) is 0 Å². The van der Waals surface area contributed by atoms with E-state index < -0.39 is 56.8 Å². The fourth-order valence-electron chi connectivity index (χ4n) is 4.34. The molecule has 6 nitrogen and oxygen atoms in total. The van der Waals surface area contributed by atoms with Crippen LogP contribution in [0.5, 0.6) is 0 Å². The molecule has 0 aliphatic carbocycles. The van der Waals surface area contributed by atoms with Crippen molar-refractivity contribution in [3.05, 3.63) is 80.7 Å². The molecule has 2 aliphatic heterocycles. The smallest absolute Gasteiger partial charge is 0.341 e. The van der Waals surface area contributed by atoms with Gasteiger partial charge in [-0.05, 0) is 29.3 Å². The molecule has 0 radical (unpaired) electrons. The molecule has 0 unspecified atom stereocenters. The van der Waals surface area contributed by atoms with Gasteiger partial charge < -0.3 is 19.9 Å². The van der Waals surface area contributed by atoms with Crippen molar-refractivity contribution in [3.8, 4) is 5.69 Å². The van der Waals surface area contributed by atoms with Crippen molar-refractivity contribution in [1.29, 1.82) is 0 Å². The first-order valence-corrected chi connectivity index (χ1v) is 9.67. The minimum Gasteiger partial charge on any atom is -0.477 e. The van der Waals surface area contributed by atoms with Crippen molar-refractivity contribution in [3.63, 3.8) is 0 Å². The van der Waals surface area contributed by atoms with Crippen LogP contribution in [0.2, 0.25) is 0 Å². The predicted octanol–water partition coefficient (Wildman–Crippen LogP) is 2.97. The van der Waals surface area contributed by atoms with Crippen molar-refractivity contribution in [1.82, 2.24) is 9.88 Å². The molecule has 0 fully saturated rings. The van der Waals surface area contributed by atoms with Crippen molar-refractivity contribution >= 4 is 22.6 Å². The summed E-state index contributed by atoms with van der Waals surface area (Å²) >= 11 is 0. The minimum atomic E-state index is -1.65. The fraction of sp³-hybridized carbons (Fsp3) is 0.182. The standard InChI is InChI=1S/C22H15F4N3O3/c23-12-1-2-17(15(24)3-12)29-9-14(22(31)32)21(30)13-4-16(25)20(18(26)19(13)29)28-7-10-5-27-6-11(10)8-28/h1-4,9,27H,5-8H2,(H,31,32). The van der Waals surface area contributed by atoms with E-state index in [1.54, 1.807) is 0 Å². The van der Waals surface area contributed by atoms with E-state index in [-0.39, 0.29) is 18.8 Å². The molecule has 2 aromatic carbocycles. The summed E-state index contributed by atoms with van der Waals surface area (Å²) in [4.78, 5) is 25.7. The second-order valence-electron chi connectivity index (χ2n) is 7.73. The van der Waals surface area contributed by atoms with Gasteiger partial charge in [0, 0.05) is 38.4 Å². The Morgan fingerprint density at radius 2 is 1.69 bits per heavy atom. The van der Waals surface area contributed by atoms with Crippen molar-refractivity contribution < 1.29 is 27.5 Å². The van der Waals surface area contributed by atoms with E-state index in [0.29, 0.717) is 19.2 Å². The van der Waals surface area contributed by atoms with Gasteiger partial charge in [0.15, 0.2) is 5.82 Å². The molecule has 3 heterocycles. The van der Waals surface area contributed by atoms with E-state index in [2.05, 4.69) is 5.32 Å². The monoisotopic (exact) mass is 445 g/mol. The first-order chi connectivity index (χ1) is 15.3. The number of carbonyl (C=O) groups is 1. The van der Waals surface area contributed by atoms with Gasteiger partial charge >= 0.3 is 5.97 Å². The van der Waals surface area contributed by atoms with E-state index in [0.717, 1.165) is 40.1 Å². The molecule has 3 aromatic rings. The number of hydrogen-bond acceptors (Lipinski definition) is 4. The molecule has 5 rings (SSSR count). The summed E-state index contributed by atoms with van der Waals surface area (Å²) in [6.07, 6.45) is 0.764.